The Hall–Kier alpha value is -7.56. The van der Waals surface area contributed by atoms with Crippen LogP contribution in [0.25, 0.3) is 98.8 Å². The van der Waals surface area contributed by atoms with Gasteiger partial charge in [-0.15, -0.1) is 0 Å². The van der Waals surface area contributed by atoms with Gasteiger partial charge in [0.15, 0.2) is 5.58 Å². The van der Waals surface area contributed by atoms with E-state index in [-0.39, 0.29) is 5.41 Å². The van der Waals surface area contributed by atoms with Gasteiger partial charge in [-0.2, -0.15) is 0 Å². The number of para-hydroxylation sites is 4. The fourth-order valence-electron chi connectivity index (χ4n) is 10.1. The fraction of sp³-hybridized carbons (Fsp3) is 0.0545. The molecule has 4 nitrogen and oxygen atoms in total. The molecule has 4 heteroatoms. The van der Waals surface area contributed by atoms with E-state index in [0.717, 1.165) is 105 Å². The zero-order valence-electron chi connectivity index (χ0n) is 32.4. The van der Waals surface area contributed by atoms with Gasteiger partial charge < -0.3 is 18.2 Å². The van der Waals surface area contributed by atoms with Crippen molar-refractivity contribution in [2.24, 2.45) is 0 Å². The monoisotopic (exact) mass is 757 g/mol. The summed E-state index contributed by atoms with van der Waals surface area (Å²) < 4.78 is 20.5. The van der Waals surface area contributed by atoms with Crippen molar-refractivity contribution in [1.82, 2.24) is 0 Å². The average Bonchev–Trinajstić information content (AvgIpc) is 4.01. The summed E-state index contributed by atoms with van der Waals surface area (Å²) in [4.78, 5) is 2.34. The summed E-state index contributed by atoms with van der Waals surface area (Å²) in [5.74, 6) is 0. The maximum Gasteiger partial charge on any atom is 0.159 e. The molecule has 0 radical (unpaired) electrons. The van der Waals surface area contributed by atoms with Crippen molar-refractivity contribution in [1.29, 1.82) is 0 Å². The molecule has 0 fully saturated rings. The van der Waals surface area contributed by atoms with E-state index in [9.17, 15) is 0 Å². The largest absolute Gasteiger partial charge is 0.455 e. The zero-order chi connectivity index (χ0) is 39.0. The summed E-state index contributed by atoms with van der Waals surface area (Å²) in [5.41, 5.74) is 15.2. The predicted octanol–water partition coefficient (Wildman–Crippen LogP) is 16.0. The molecule has 0 saturated heterocycles. The molecule has 1 aliphatic carbocycles. The third-order valence-corrected chi connectivity index (χ3v) is 12.9. The quantitative estimate of drug-likeness (QED) is 0.179. The van der Waals surface area contributed by atoms with E-state index in [0.29, 0.717) is 0 Å². The van der Waals surface area contributed by atoms with Gasteiger partial charge in [-0.05, 0) is 81.6 Å². The lowest BCUT2D eigenvalue weighted by Crippen LogP contribution is -2.16. The van der Waals surface area contributed by atoms with E-state index in [1.54, 1.807) is 0 Å². The molecule has 0 N–H and O–H groups in total. The number of benzene rings is 9. The first-order valence-electron chi connectivity index (χ1n) is 20.2. The highest BCUT2D eigenvalue weighted by Crippen LogP contribution is 2.52. The topological polar surface area (TPSA) is 42.7 Å². The molecule has 59 heavy (non-hydrogen) atoms. The van der Waals surface area contributed by atoms with Crippen LogP contribution in [0.2, 0.25) is 0 Å². The number of furan rings is 3. The van der Waals surface area contributed by atoms with Crippen molar-refractivity contribution < 1.29 is 13.3 Å². The van der Waals surface area contributed by atoms with Gasteiger partial charge in [0.1, 0.15) is 27.9 Å². The Bertz CT molecular complexity index is 3730. The van der Waals surface area contributed by atoms with Crippen LogP contribution >= 0.6 is 0 Å². The second kappa shape index (κ2) is 11.7. The fourth-order valence-corrected chi connectivity index (χ4v) is 10.1. The summed E-state index contributed by atoms with van der Waals surface area (Å²) in [6.07, 6.45) is 0. The van der Waals surface area contributed by atoms with Gasteiger partial charge in [0, 0.05) is 60.6 Å². The maximum atomic E-state index is 7.12. The van der Waals surface area contributed by atoms with Gasteiger partial charge in [-0.25, -0.2) is 0 Å². The van der Waals surface area contributed by atoms with E-state index in [2.05, 4.69) is 170 Å². The van der Waals surface area contributed by atoms with E-state index < -0.39 is 0 Å². The molecule has 12 aromatic rings. The molecular formula is C55H35NO3. The van der Waals surface area contributed by atoms with Crippen LogP contribution in [0.1, 0.15) is 25.0 Å². The smallest absolute Gasteiger partial charge is 0.159 e. The third kappa shape index (κ3) is 4.49. The van der Waals surface area contributed by atoms with Crippen molar-refractivity contribution in [3.05, 3.63) is 187 Å². The summed E-state index contributed by atoms with van der Waals surface area (Å²) in [6, 6.07) is 62.6. The molecule has 278 valence electrons. The van der Waals surface area contributed by atoms with E-state index in [1.807, 2.05) is 24.3 Å². The molecule has 9 aromatic carbocycles. The van der Waals surface area contributed by atoms with Crippen LogP contribution in [0.5, 0.6) is 0 Å². The number of fused-ring (bicyclic) bond motifs is 13. The van der Waals surface area contributed by atoms with Gasteiger partial charge in [0.05, 0.1) is 11.4 Å². The number of rotatable bonds is 4. The van der Waals surface area contributed by atoms with Crippen molar-refractivity contribution in [3.63, 3.8) is 0 Å². The van der Waals surface area contributed by atoms with E-state index >= 15 is 0 Å². The Morgan fingerprint density at radius 2 is 0.949 bits per heavy atom. The molecule has 0 unspecified atom stereocenters. The van der Waals surface area contributed by atoms with Gasteiger partial charge in [-0.1, -0.05) is 135 Å². The minimum absolute atomic E-state index is 0.164. The lowest BCUT2D eigenvalue weighted by Gasteiger charge is -2.28. The van der Waals surface area contributed by atoms with E-state index in [4.69, 9.17) is 13.3 Å². The normalized spacial score (nSPS) is 13.4. The molecule has 1 aliphatic rings. The Morgan fingerprint density at radius 1 is 0.373 bits per heavy atom. The highest BCUT2D eigenvalue weighted by Gasteiger charge is 2.36. The minimum Gasteiger partial charge on any atom is -0.455 e. The first-order valence-corrected chi connectivity index (χ1v) is 20.2. The van der Waals surface area contributed by atoms with Crippen molar-refractivity contribution >= 4 is 93.7 Å². The summed E-state index contributed by atoms with van der Waals surface area (Å²) in [7, 11) is 0. The number of hydrogen-bond donors (Lipinski definition) is 0. The summed E-state index contributed by atoms with van der Waals surface area (Å²) >= 11 is 0. The highest BCUT2D eigenvalue weighted by molar-refractivity contribution is 6.22. The molecule has 0 amide bonds. The lowest BCUT2D eigenvalue weighted by atomic mass is 9.82. The third-order valence-electron chi connectivity index (χ3n) is 12.9. The van der Waals surface area contributed by atoms with Crippen LogP contribution < -0.4 is 4.90 Å². The Balaban J connectivity index is 1.07. The van der Waals surface area contributed by atoms with Crippen LogP contribution in [0.4, 0.5) is 17.1 Å². The van der Waals surface area contributed by atoms with Crippen molar-refractivity contribution in [2.75, 3.05) is 4.90 Å². The molecule has 0 spiro atoms. The second-order valence-corrected chi connectivity index (χ2v) is 16.4. The molecule has 0 atom stereocenters. The number of anilines is 3. The molecule has 13 rings (SSSR count). The maximum absolute atomic E-state index is 7.12. The van der Waals surface area contributed by atoms with Crippen LogP contribution in [0, 0.1) is 0 Å². The average molecular weight is 758 g/mol. The van der Waals surface area contributed by atoms with Crippen molar-refractivity contribution in [3.8, 4) is 22.3 Å². The Morgan fingerprint density at radius 3 is 1.78 bits per heavy atom. The molecule has 0 bridgehead atoms. The van der Waals surface area contributed by atoms with Crippen LogP contribution in [-0.4, -0.2) is 0 Å². The van der Waals surface area contributed by atoms with Gasteiger partial charge >= 0.3 is 0 Å². The Labute approximate surface area is 339 Å². The Kier molecular flexibility index (Phi) is 6.48. The lowest BCUT2D eigenvalue weighted by molar-refractivity contribution is 0.660. The van der Waals surface area contributed by atoms with Gasteiger partial charge in [0.2, 0.25) is 0 Å². The zero-order valence-corrected chi connectivity index (χ0v) is 32.4. The molecule has 3 aromatic heterocycles. The van der Waals surface area contributed by atoms with Gasteiger partial charge in [0.25, 0.3) is 0 Å². The van der Waals surface area contributed by atoms with Gasteiger partial charge in [-0.3, -0.25) is 0 Å². The van der Waals surface area contributed by atoms with Crippen LogP contribution in [-0.2, 0) is 5.41 Å². The summed E-state index contributed by atoms with van der Waals surface area (Å²) in [6.45, 7) is 4.67. The first-order chi connectivity index (χ1) is 29.0. The minimum atomic E-state index is -0.164. The van der Waals surface area contributed by atoms with Crippen molar-refractivity contribution in [2.45, 2.75) is 19.3 Å². The molecule has 0 saturated carbocycles. The molecule has 0 aliphatic heterocycles. The first kappa shape index (κ1) is 32.5. The van der Waals surface area contributed by atoms with E-state index in [1.165, 1.54) is 22.3 Å². The summed E-state index contributed by atoms with van der Waals surface area (Å²) in [5, 5.41) is 8.76. The number of hydrogen-bond acceptors (Lipinski definition) is 4. The molecule has 3 heterocycles. The van der Waals surface area contributed by atoms with Crippen LogP contribution in [0.15, 0.2) is 189 Å². The number of nitrogens with zero attached hydrogens (tertiary/aromatic N) is 1. The van der Waals surface area contributed by atoms with Crippen LogP contribution in [0.3, 0.4) is 0 Å². The molecular weight excluding hydrogens is 723 g/mol. The SMILES string of the molecule is CC1(C)c2ccccc2-c2ccc(N(c3ccc4c(c3)oc3c(-c5cccc6c5oc5ccccc56)c5ccccc5cc34)c3cccc4c3oc3ccccc34)cc21. The standard InChI is InChI=1S/C55H35NO3/c1-55(2)45-21-8-5-15-36(45)37-27-25-33(30-46(37)55)56(47-22-12-19-42-39-17-7-10-24-49(39)58-53(42)47)34-26-28-40-44-29-32-13-3-4-14-35(32)51(54(44)59-50(40)31-34)43-20-11-18-41-38-16-6-9-23-48(38)57-52(41)43/h3-31H,1-2H3. The predicted molar refractivity (Wildman–Crippen MR) is 243 cm³/mol. The highest BCUT2D eigenvalue weighted by atomic mass is 16.3. The second-order valence-electron chi connectivity index (χ2n) is 16.4.